The topological polar surface area (TPSA) is 12.0 Å². The molecule has 1 nitrogen and oxygen atoms in total. The molecule has 1 aliphatic carbocycles. The van der Waals surface area contributed by atoms with Crippen LogP contribution in [0.4, 0.5) is 0 Å². The van der Waals surface area contributed by atoms with E-state index in [9.17, 15) is 0 Å². The molecule has 0 aliphatic heterocycles. The van der Waals surface area contributed by atoms with Crippen molar-refractivity contribution >= 4 is 0 Å². The average Bonchev–Trinajstić information content (AvgIpc) is 1.86. The average molecular weight is 127 g/mol. The summed E-state index contributed by atoms with van der Waals surface area (Å²) in [4.78, 5) is 0. The van der Waals surface area contributed by atoms with Gasteiger partial charge in [0.15, 0.2) is 0 Å². The fourth-order valence-corrected chi connectivity index (χ4v) is 1.37. The molecule has 0 bridgehead atoms. The monoisotopic (exact) mass is 127 g/mol. The minimum Gasteiger partial charge on any atom is -0.317 e. The van der Waals surface area contributed by atoms with Crippen molar-refractivity contribution in [2.45, 2.75) is 26.7 Å². The predicted octanol–water partition coefficient (Wildman–Crippen LogP) is 1.64. The summed E-state index contributed by atoms with van der Waals surface area (Å²) in [6, 6.07) is 0. The van der Waals surface area contributed by atoms with Crippen LogP contribution in [0.2, 0.25) is 0 Å². The molecule has 0 amide bonds. The van der Waals surface area contributed by atoms with Crippen molar-refractivity contribution in [3.05, 3.63) is 0 Å². The number of hydrogen-bond acceptors (Lipinski definition) is 1. The highest BCUT2D eigenvalue weighted by Gasteiger charge is 2.25. The first-order chi connectivity index (χ1) is 4.34. The largest absolute Gasteiger partial charge is 0.317 e. The van der Waals surface area contributed by atoms with Crippen molar-refractivity contribution in [3.8, 4) is 0 Å². The predicted molar refractivity (Wildman–Crippen MR) is 40.4 cm³/mol. The van der Waals surface area contributed by atoms with Gasteiger partial charge in [0.2, 0.25) is 0 Å². The molecular weight excluding hydrogens is 110 g/mol. The van der Waals surface area contributed by atoms with Gasteiger partial charge in [0.1, 0.15) is 0 Å². The van der Waals surface area contributed by atoms with Crippen molar-refractivity contribution in [3.63, 3.8) is 0 Å². The lowest BCUT2D eigenvalue weighted by Crippen LogP contribution is -2.33. The second-order valence-electron chi connectivity index (χ2n) is 3.12. The molecule has 2 atom stereocenters. The Hall–Kier alpha value is -0.0400. The van der Waals surface area contributed by atoms with E-state index in [1.54, 1.807) is 0 Å². The van der Waals surface area contributed by atoms with Gasteiger partial charge in [-0.05, 0) is 31.3 Å². The van der Waals surface area contributed by atoms with Gasteiger partial charge in [-0.25, -0.2) is 0 Å². The van der Waals surface area contributed by atoms with E-state index in [0.717, 1.165) is 18.4 Å². The molecule has 1 N–H and O–H groups in total. The second-order valence-corrected chi connectivity index (χ2v) is 3.12. The van der Waals surface area contributed by atoms with Crippen LogP contribution in [0, 0.1) is 11.8 Å². The van der Waals surface area contributed by atoms with Crippen LogP contribution in [0.25, 0.3) is 0 Å². The third-order valence-electron chi connectivity index (χ3n) is 2.45. The van der Waals surface area contributed by atoms with E-state index in [0.29, 0.717) is 0 Å². The highest BCUT2D eigenvalue weighted by Crippen LogP contribution is 2.32. The minimum absolute atomic E-state index is 0.990. The van der Waals surface area contributed by atoms with Gasteiger partial charge < -0.3 is 5.32 Å². The van der Waals surface area contributed by atoms with Crippen LogP contribution < -0.4 is 5.32 Å². The molecule has 0 radical (unpaired) electrons. The molecule has 0 unspecified atom stereocenters. The Labute approximate surface area is 57.8 Å². The van der Waals surface area contributed by atoms with Gasteiger partial charge in [0.05, 0.1) is 0 Å². The molecular formula is C8H17N. The summed E-state index contributed by atoms with van der Waals surface area (Å²) in [6.07, 6.45) is 2.91. The van der Waals surface area contributed by atoms with Crippen molar-refractivity contribution in [1.29, 1.82) is 0 Å². The summed E-state index contributed by atoms with van der Waals surface area (Å²) in [7, 11) is 0. The van der Waals surface area contributed by atoms with Crippen LogP contribution in [0.3, 0.4) is 0 Å². The zero-order valence-corrected chi connectivity index (χ0v) is 6.48. The maximum atomic E-state index is 3.38. The van der Waals surface area contributed by atoms with Gasteiger partial charge in [-0.2, -0.15) is 0 Å². The Bertz CT molecular complexity index is 80.6. The van der Waals surface area contributed by atoms with Crippen molar-refractivity contribution in [1.82, 2.24) is 5.32 Å². The molecule has 1 fully saturated rings. The van der Waals surface area contributed by atoms with Crippen LogP contribution in [0.15, 0.2) is 0 Å². The van der Waals surface area contributed by atoms with Crippen molar-refractivity contribution < 1.29 is 0 Å². The summed E-state index contributed by atoms with van der Waals surface area (Å²) in [6.45, 7) is 6.90. The van der Waals surface area contributed by atoms with E-state index >= 15 is 0 Å². The van der Waals surface area contributed by atoms with Crippen LogP contribution in [0.5, 0.6) is 0 Å². The summed E-state index contributed by atoms with van der Waals surface area (Å²) >= 11 is 0. The van der Waals surface area contributed by atoms with Crippen molar-refractivity contribution in [2.24, 2.45) is 11.8 Å². The SMILES string of the molecule is CCNC[C@@H]1CC[C@H]1C. The minimum atomic E-state index is 0.990. The Balaban J connectivity index is 1.99. The smallest absolute Gasteiger partial charge is 0.00181 e. The summed E-state index contributed by atoms with van der Waals surface area (Å²) < 4.78 is 0. The van der Waals surface area contributed by atoms with E-state index in [1.165, 1.54) is 19.4 Å². The Morgan fingerprint density at radius 2 is 2.22 bits per heavy atom. The molecule has 1 heteroatoms. The number of hydrogen-bond donors (Lipinski definition) is 1. The molecule has 0 spiro atoms. The van der Waals surface area contributed by atoms with Gasteiger partial charge in [-0.3, -0.25) is 0 Å². The summed E-state index contributed by atoms with van der Waals surface area (Å²) in [5, 5.41) is 3.38. The van der Waals surface area contributed by atoms with Gasteiger partial charge in [0.25, 0.3) is 0 Å². The Morgan fingerprint density at radius 3 is 2.56 bits per heavy atom. The number of nitrogens with one attached hydrogen (secondary N) is 1. The maximum Gasteiger partial charge on any atom is -0.00181 e. The summed E-state index contributed by atoms with van der Waals surface area (Å²) in [5.41, 5.74) is 0. The van der Waals surface area contributed by atoms with E-state index in [-0.39, 0.29) is 0 Å². The molecule has 0 aromatic carbocycles. The molecule has 54 valence electrons. The maximum absolute atomic E-state index is 3.38. The lowest BCUT2D eigenvalue weighted by atomic mass is 9.75. The van der Waals surface area contributed by atoms with Crippen LogP contribution >= 0.6 is 0 Å². The molecule has 1 saturated carbocycles. The number of rotatable bonds is 3. The molecule has 0 heterocycles. The van der Waals surface area contributed by atoms with Crippen molar-refractivity contribution in [2.75, 3.05) is 13.1 Å². The Kier molecular flexibility index (Phi) is 2.52. The normalized spacial score (nSPS) is 34.0. The Morgan fingerprint density at radius 1 is 1.44 bits per heavy atom. The first-order valence-corrected chi connectivity index (χ1v) is 4.05. The lowest BCUT2D eigenvalue weighted by molar-refractivity contribution is 0.192. The van der Waals surface area contributed by atoms with E-state index < -0.39 is 0 Å². The van der Waals surface area contributed by atoms with Gasteiger partial charge >= 0.3 is 0 Å². The van der Waals surface area contributed by atoms with E-state index in [2.05, 4.69) is 19.2 Å². The van der Waals surface area contributed by atoms with E-state index in [4.69, 9.17) is 0 Å². The molecule has 1 aliphatic rings. The fourth-order valence-electron chi connectivity index (χ4n) is 1.37. The van der Waals surface area contributed by atoms with Crippen LogP contribution in [-0.2, 0) is 0 Å². The standard InChI is InChI=1S/C8H17N/c1-3-9-6-8-5-4-7(8)2/h7-9H,3-6H2,1-2H3/t7-,8+/m1/s1. The zero-order valence-electron chi connectivity index (χ0n) is 6.48. The van der Waals surface area contributed by atoms with Gasteiger partial charge in [0, 0.05) is 0 Å². The first kappa shape index (κ1) is 7.07. The van der Waals surface area contributed by atoms with Crippen LogP contribution in [-0.4, -0.2) is 13.1 Å². The molecule has 0 aromatic rings. The molecule has 0 saturated heterocycles. The zero-order chi connectivity index (χ0) is 6.69. The van der Waals surface area contributed by atoms with Gasteiger partial charge in [-0.15, -0.1) is 0 Å². The second kappa shape index (κ2) is 3.21. The summed E-state index contributed by atoms with van der Waals surface area (Å²) in [5.74, 6) is 1.98. The van der Waals surface area contributed by atoms with Crippen LogP contribution in [0.1, 0.15) is 26.7 Å². The molecule has 1 rings (SSSR count). The van der Waals surface area contributed by atoms with E-state index in [1.807, 2.05) is 0 Å². The molecule has 9 heavy (non-hydrogen) atoms. The molecule has 0 aromatic heterocycles. The highest BCUT2D eigenvalue weighted by atomic mass is 14.8. The third-order valence-corrected chi connectivity index (χ3v) is 2.45. The third kappa shape index (κ3) is 1.68. The quantitative estimate of drug-likeness (QED) is 0.607. The van der Waals surface area contributed by atoms with Gasteiger partial charge in [-0.1, -0.05) is 20.3 Å². The first-order valence-electron chi connectivity index (χ1n) is 4.05. The highest BCUT2D eigenvalue weighted by molar-refractivity contribution is 4.78. The lowest BCUT2D eigenvalue weighted by Gasteiger charge is -2.33. The fraction of sp³-hybridized carbons (Fsp3) is 1.00.